The Kier molecular flexibility index (Phi) is 4.53. The summed E-state index contributed by atoms with van der Waals surface area (Å²) in [4.78, 5) is 0. The molecule has 1 rings (SSSR count). The SMILES string of the molecule is CC(CS)Cc1ccc(C(C)C)cc1. The highest BCUT2D eigenvalue weighted by Gasteiger charge is 2.02. The van der Waals surface area contributed by atoms with Crippen molar-refractivity contribution >= 4 is 12.6 Å². The van der Waals surface area contributed by atoms with Gasteiger partial charge in [-0.2, -0.15) is 12.6 Å². The number of hydrogen-bond donors (Lipinski definition) is 1. The van der Waals surface area contributed by atoms with Crippen LogP contribution in [-0.2, 0) is 6.42 Å². The van der Waals surface area contributed by atoms with Crippen LogP contribution in [0.5, 0.6) is 0 Å². The van der Waals surface area contributed by atoms with Crippen LogP contribution in [0.2, 0.25) is 0 Å². The maximum Gasteiger partial charge on any atom is -0.00690 e. The summed E-state index contributed by atoms with van der Waals surface area (Å²) in [5, 5.41) is 0. The summed E-state index contributed by atoms with van der Waals surface area (Å²) in [7, 11) is 0. The molecule has 1 unspecified atom stereocenters. The van der Waals surface area contributed by atoms with Gasteiger partial charge in [-0.1, -0.05) is 45.0 Å². The van der Waals surface area contributed by atoms with E-state index in [1.165, 1.54) is 11.1 Å². The smallest absolute Gasteiger partial charge is 0.00690 e. The lowest BCUT2D eigenvalue weighted by Crippen LogP contribution is -2.01. The maximum atomic E-state index is 4.30. The molecule has 1 aromatic rings. The van der Waals surface area contributed by atoms with Crippen LogP contribution in [0.4, 0.5) is 0 Å². The van der Waals surface area contributed by atoms with Gasteiger partial charge in [-0.25, -0.2) is 0 Å². The van der Waals surface area contributed by atoms with Crippen molar-refractivity contribution in [3.63, 3.8) is 0 Å². The van der Waals surface area contributed by atoms with Gasteiger partial charge in [-0.05, 0) is 35.1 Å². The van der Waals surface area contributed by atoms with E-state index in [0.717, 1.165) is 12.2 Å². The molecule has 0 heterocycles. The summed E-state index contributed by atoms with van der Waals surface area (Å²) in [6, 6.07) is 8.97. The van der Waals surface area contributed by atoms with Gasteiger partial charge in [0.15, 0.2) is 0 Å². The summed E-state index contributed by atoms with van der Waals surface area (Å²) in [6.45, 7) is 6.69. The van der Waals surface area contributed by atoms with E-state index in [1.54, 1.807) is 0 Å². The van der Waals surface area contributed by atoms with Crippen molar-refractivity contribution < 1.29 is 0 Å². The highest BCUT2D eigenvalue weighted by atomic mass is 32.1. The molecule has 0 saturated heterocycles. The van der Waals surface area contributed by atoms with Gasteiger partial charge in [-0.3, -0.25) is 0 Å². The second-order valence-electron chi connectivity index (χ2n) is 4.39. The first-order valence-electron chi connectivity index (χ1n) is 5.33. The van der Waals surface area contributed by atoms with E-state index in [2.05, 4.69) is 57.7 Å². The van der Waals surface area contributed by atoms with Crippen LogP contribution in [0.3, 0.4) is 0 Å². The molecule has 0 aliphatic carbocycles. The van der Waals surface area contributed by atoms with Gasteiger partial charge < -0.3 is 0 Å². The van der Waals surface area contributed by atoms with Gasteiger partial charge in [0.05, 0.1) is 0 Å². The van der Waals surface area contributed by atoms with Crippen LogP contribution in [0.25, 0.3) is 0 Å². The van der Waals surface area contributed by atoms with Gasteiger partial charge >= 0.3 is 0 Å². The molecule has 0 aliphatic rings. The van der Waals surface area contributed by atoms with Gasteiger partial charge in [0.1, 0.15) is 0 Å². The second kappa shape index (κ2) is 5.45. The average Bonchev–Trinajstić information content (AvgIpc) is 2.18. The Labute approximate surface area is 93.1 Å². The minimum absolute atomic E-state index is 0.631. The number of thiol groups is 1. The third-order valence-electron chi connectivity index (χ3n) is 2.54. The van der Waals surface area contributed by atoms with E-state index >= 15 is 0 Å². The van der Waals surface area contributed by atoms with Crippen LogP contribution in [0, 0.1) is 5.92 Å². The largest absolute Gasteiger partial charge is 0.179 e. The van der Waals surface area contributed by atoms with E-state index in [4.69, 9.17) is 0 Å². The van der Waals surface area contributed by atoms with Crippen LogP contribution in [0.15, 0.2) is 24.3 Å². The third kappa shape index (κ3) is 3.38. The Hall–Kier alpha value is -0.430. The number of hydrogen-bond acceptors (Lipinski definition) is 1. The zero-order chi connectivity index (χ0) is 10.6. The van der Waals surface area contributed by atoms with Crippen molar-refractivity contribution in [3.8, 4) is 0 Å². The Bertz CT molecular complexity index is 261. The molecule has 1 heteroatoms. The molecule has 0 fully saturated rings. The zero-order valence-corrected chi connectivity index (χ0v) is 10.2. The predicted octanol–water partition coefficient (Wildman–Crippen LogP) is 3.92. The third-order valence-corrected chi connectivity index (χ3v) is 3.17. The first kappa shape index (κ1) is 11.6. The van der Waals surface area contributed by atoms with Crippen molar-refractivity contribution in [2.75, 3.05) is 5.75 Å². The van der Waals surface area contributed by atoms with Crippen molar-refractivity contribution in [1.29, 1.82) is 0 Å². The molecule has 0 amide bonds. The summed E-state index contributed by atoms with van der Waals surface area (Å²) in [5.41, 5.74) is 2.85. The predicted molar refractivity (Wildman–Crippen MR) is 67.3 cm³/mol. The Morgan fingerprint density at radius 1 is 1.07 bits per heavy atom. The normalized spacial score (nSPS) is 13.2. The molecule has 0 nitrogen and oxygen atoms in total. The lowest BCUT2D eigenvalue weighted by Gasteiger charge is -2.10. The molecular weight excluding hydrogens is 188 g/mol. The van der Waals surface area contributed by atoms with Crippen molar-refractivity contribution in [2.45, 2.75) is 33.1 Å². The van der Waals surface area contributed by atoms with Crippen LogP contribution >= 0.6 is 12.6 Å². The van der Waals surface area contributed by atoms with E-state index in [-0.39, 0.29) is 0 Å². The minimum atomic E-state index is 0.631. The molecule has 1 aromatic carbocycles. The maximum absolute atomic E-state index is 4.30. The van der Waals surface area contributed by atoms with E-state index in [1.807, 2.05) is 0 Å². The van der Waals surface area contributed by atoms with Gasteiger partial charge in [0.2, 0.25) is 0 Å². The van der Waals surface area contributed by atoms with Gasteiger partial charge in [0.25, 0.3) is 0 Å². The van der Waals surface area contributed by atoms with E-state index in [0.29, 0.717) is 11.8 Å². The first-order valence-corrected chi connectivity index (χ1v) is 5.96. The molecule has 0 saturated carbocycles. The summed E-state index contributed by atoms with van der Waals surface area (Å²) < 4.78 is 0. The molecule has 78 valence electrons. The number of benzene rings is 1. The molecule has 0 aromatic heterocycles. The molecule has 0 spiro atoms. The quantitative estimate of drug-likeness (QED) is 0.712. The summed E-state index contributed by atoms with van der Waals surface area (Å²) >= 11 is 4.30. The topological polar surface area (TPSA) is 0 Å². The minimum Gasteiger partial charge on any atom is -0.179 e. The zero-order valence-electron chi connectivity index (χ0n) is 9.33. The van der Waals surface area contributed by atoms with Crippen molar-refractivity contribution in [3.05, 3.63) is 35.4 Å². The fourth-order valence-corrected chi connectivity index (χ4v) is 1.63. The van der Waals surface area contributed by atoms with Crippen LogP contribution in [0.1, 0.15) is 37.8 Å². The molecule has 1 atom stereocenters. The van der Waals surface area contributed by atoms with E-state index in [9.17, 15) is 0 Å². The summed E-state index contributed by atoms with van der Waals surface area (Å²) in [5.74, 6) is 2.26. The fourth-order valence-electron chi connectivity index (χ4n) is 1.51. The Morgan fingerprint density at radius 3 is 2.07 bits per heavy atom. The molecule has 0 bridgehead atoms. The van der Waals surface area contributed by atoms with Crippen molar-refractivity contribution in [2.24, 2.45) is 5.92 Å². The highest BCUT2D eigenvalue weighted by molar-refractivity contribution is 7.80. The molecule has 0 N–H and O–H groups in total. The van der Waals surface area contributed by atoms with Crippen molar-refractivity contribution in [1.82, 2.24) is 0 Å². The lowest BCUT2D eigenvalue weighted by atomic mass is 9.98. The molecular formula is C13H20S. The van der Waals surface area contributed by atoms with Crippen LogP contribution in [-0.4, -0.2) is 5.75 Å². The standard InChI is InChI=1S/C13H20S/c1-10(2)13-6-4-12(5-7-13)8-11(3)9-14/h4-7,10-11,14H,8-9H2,1-3H3. The van der Waals surface area contributed by atoms with E-state index < -0.39 is 0 Å². The van der Waals surface area contributed by atoms with Gasteiger partial charge in [0, 0.05) is 0 Å². The summed E-state index contributed by atoms with van der Waals surface area (Å²) in [6.07, 6.45) is 1.14. The molecule has 0 radical (unpaired) electrons. The Balaban J connectivity index is 2.64. The Morgan fingerprint density at radius 2 is 1.64 bits per heavy atom. The monoisotopic (exact) mass is 208 g/mol. The van der Waals surface area contributed by atoms with Gasteiger partial charge in [-0.15, -0.1) is 0 Å². The average molecular weight is 208 g/mol. The fraction of sp³-hybridized carbons (Fsp3) is 0.538. The first-order chi connectivity index (χ1) is 6.63. The highest BCUT2D eigenvalue weighted by Crippen LogP contribution is 2.16. The lowest BCUT2D eigenvalue weighted by molar-refractivity contribution is 0.660. The number of rotatable bonds is 4. The van der Waals surface area contributed by atoms with Crippen LogP contribution < -0.4 is 0 Å². The molecule has 14 heavy (non-hydrogen) atoms. The second-order valence-corrected chi connectivity index (χ2v) is 4.75. The molecule has 0 aliphatic heterocycles.